The van der Waals surface area contributed by atoms with Crippen LogP contribution in [0.3, 0.4) is 0 Å². The molecule has 0 aliphatic carbocycles. The molecular formula is C11H10Cl2N2O. The molecule has 16 heavy (non-hydrogen) atoms. The molecule has 0 atom stereocenters. The maximum atomic E-state index is 11.8. The van der Waals surface area contributed by atoms with Gasteiger partial charge in [0.2, 0.25) is 0 Å². The number of hydrogen-bond acceptors (Lipinski definition) is 3. The Labute approximate surface area is 103 Å². The van der Waals surface area contributed by atoms with Crippen LogP contribution < -0.4 is 5.32 Å². The number of halogens is 2. The molecule has 2 rings (SSSR count). The zero-order valence-electron chi connectivity index (χ0n) is 8.46. The third kappa shape index (κ3) is 2.54. The molecule has 0 fully saturated rings. The number of aliphatic imine (C=N–C) groups is 1. The maximum absolute atomic E-state index is 11.8. The Bertz CT molecular complexity index is 457. The number of ketones is 1. The van der Waals surface area contributed by atoms with Crippen molar-refractivity contribution in [3.8, 4) is 0 Å². The molecule has 1 N–H and O–H groups in total. The second-order valence-electron chi connectivity index (χ2n) is 3.48. The lowest BCUT2D eigenvalue weighted by Gasteiger charge is -2.03. The molecule has 0 saturated heterocycles. The third-order valence-electron chi connectivity index (χ3n) is 2.31. The summed E-state index contributed by atoms with van der Waals surface area (Å²) in [7, 11) is 0. The van der Waals surface area contributed by atoms with Gasteiger partial charge in [-0.05, 0) is 18.2 Å². The average molecular weight is 257 g/mol. The summed E-state index contributed by atoms with van der Waals surface area (Å²) in [6.45, 7) is 1.55. The Morgan fingerprint density at radius 1 is 1.38 bits per heavy atom. The van der Waals surface area contributed by atoms with E-state index in [1.165, 1.54) is 0 Å². The minimum absolute atomic E-state index is 0.00767. The fourth-order valence-corrected chi connectivity index (χ4v) is 1.79. The normalized spacial score (nSPS) is 14.5. The van der Waals surface area contributed by atoms with Crippen molar-refractivity contribution in [2.45, 2.75) is 6.42 Å². The lowest BCUT2D eigenvalue weighted by Crippen LogP contribution is -2.21. The Morgan fingerprint density at radius 2 is 2.19 bits per heavy atom. The van der Waals surface area contributed by atoms with E-state index in [9.17, 15) is 4.79 Å². The molecule has 1 aromatic rings. The van der Waals surface area contributed by atoms with Gasteiger partial charge in [-0.15, -0.1) is 0 Å². The SMILES string of the molecule is O=C(CC1=NCCN1)c1ccc(Cl)c(Cl)c1. The van der Waals surface area contributed by atoms with Crippen LogP contribution in [0.4, 0.5) is 0 Å². The van der Waals surface area contributed by atoms with E-state index in [0.29, 0.717) is 15.6 Å². The van der Waals surface area contributed by atoms with Gasteiger partial charge in [0, 0.05) is 12.1 Å². The van der Waals surface area contributed by atoms with E-state index in [1.807, 2.05) is 0 Å². The third-order valence-corrected chi connectivity index (χ3v) is 3.05. The van der Waals surface area contributed by atoms with Gasteiger partial charge >= 0.3 is 0 Å². The van der Waals surface area contributed by atoms with Crippen LogP contribution in [0.1, 0.15) is 16.8 Å². The van der Waals surface area contributed by atoms with Crippen LogP contribution in [0.2, 0.25) is 10.0 Å². The molecule has 1 aromatic carbocycles. The summed E-state index contributed by atoms with van der Waals surface area (Å²) in [5, 5.41) is 3.90. The van der Waals surface area contributed by atoms with Gasteiger partial charge < -0.3 is 5.32 Å². The topological polar surface area (TPSA) is 41.5 Å². The van der Waals surface area contributed by atoms with Gasteiger partial charge in [-0.1, -0.05) is 23.2 Å². The van der Waals surface area contributed by atoms with Crippen LogP contribution in [-0.4, -0.2) is 24.7 Å². The molecule has 1 aliphatic rings. The Kier molecular flexibility index (Phi) is 3.46. The van der Waals surface area contributed by atoms with Crippen LogP contribution in [0.25, 0.3) is 0 Å². The van der Waals surface area contributed by atoms with Crippen molar-refractivity contribution in [3.05, 3.63) is 33.8 Å². The number of hydrogen-bond donors (Lipinski definition) is 1. The molecular weight excluding hydrogens is 247 g/mol. The number of nitrogens with one attached hydrogen (secondary N) is 1. The first kappa shape index (κ1) is 11.4. The number of benzene rings is 1. The first-order valence-corrected chi connectivity index (χ1v) is 5.68. The van der Waals surface area contributed by atoms with Crippen LogP contribution in [0.5, 0.6) is 0 Å². The fraction of sp³-hybridized carbons (Fsp3) is 0.273. The van der Waals surface area contributed by atoms with Crippen molar-refractivity contribution in [2.75, 3.05) is 13.1 Å². The van der Waals surface area contributed by atoms with E-state index >= 15 is 0 Å². The van der Waals surface area contributed by atoms with E-state index in [4.69, 9.17) is 23.2 Å². The standard InChI is InChI=1S/C11H10Cl2N2O/c12-8-2-1-7(5-9(8)13)10(16)6-11-14-3-4-15-11/h1-2,5H,3-4,6H2,(H,14,15). The van der Waals surface area contributed by atoms with Crippen molar-refractivity contribution in [1.29, 1.82) is 0 Å². The van der Waals surface area contributed by atoms with Gasteiger partial charge in [-0.25, -0.2) is 0 Å². The highest BCUT2D eigenvalue weighted by molar-refractivity contribution is 6.42. The summed E-state index contributed by atoms with van der Waals surface area (Å²) in [5.74, 6) is 0.739. The van der Waals surface area contributed by atoms with Gasteiger partial charge in [0.15, 0.2) is 5.78 Å². The Balaban J connectivity index is 2.11. The predicted octanol–water partition coefficient (Wildman–Crippen LogP) is 2.57. The van der Waals surface area contributed by atoms with E-state index in [2.05, 4.69) is 10.3 Å². The van der Waals surface area contributed by atoms with Crippen molar-refractivity contribution in [3.63, 3.8) is 0 Å². The first-order valence-electron chi connectivity index (χ1n) is 4.92. The van der Waals surface area contributed by atoms with Gasteiger partial charge in [-0.3, -0.25) is 9.79 Å². The highest BCUT2D eigenvalue weighted by Crippen LogP contribution is 2.23. The molecule has 1 aliphatic heterocycles. The number of carbonyl (C=O) groups excluding carboxylic acids is 1. The molecule has 84 valence electrons. The zero-order valence-corrected chi connectivity index (χ0v) is 9.98. The van der Waals surface area contributed by atoms with E-state index < -0.39 is 0 Å². The fourth-order valence-electron chi connectivity index (χ4n) is 1.49. The molecule has 0 bridgehead atoms. The molecule has 0 aromatic heterocycles. The van der Waals surface area contributed by atoms with Crippen molar-refractivity contribution >= 4 is 34.8 Å². The summed E-state index contributed by atoms with van der Waals surface area (Å²) < 4.78 is 0. The second kappa shape index (κ2) is 4.85. The predicted molar refractivity (Wildman–Crippen MR) is 65.7 cm³/mol. The highest BCUT2D eigenvalue weighted by atomic mass is 35.5. The minimum atomic E-state index is -0.00767. The van der Waals surface area contributed by atoms with Gasteiger partial charge in [0.25, 0.3) is 0 Å². The quantitative estimate of drug-likeness (QED) is 0.845. The lowest BCUT2D eigenvalue weighted by molar-refractivity contribution is 0.1000. The van der Waals surface area contributed by atoms with Crippen molar-refractivity contribution in [1.82, 2.24) is 5.32 Å². The summed E-state index contributed by atoms with van der Waals surface area (Å²) in [5.41, 5.74) is 0.561. The first-order chi connectivity index (χ1) is 7.66. The molecule has 0 saturated carbocycles. The Hall–Kier alpha value is -1.06. The second-order valence-corrected chi connectivity index (χ2v) is 4.30. The molecule has 0 amide bonds. The summed E-state index contributed by atoms with van der Waals surface area (Å²) in [6, 6.07) is 4.88. The summed E-state index contributed by atoms with van der Waals surface area (Å²) >= 11 is 11.6. The van der Waals surface area contributed by atoms with Crippen LogP contribution in [-0.2, 0) is 0 Å². The van der Waals surface area contributed by atoms with Crippen molar-refractivity contribution < 1.29 is 4.79 Å². The number of Topliss-reactive ketones (excluding diaryl/α,β-unsaturated/α-hetero) is 1. The molecule has 5 heteroatoms. The smallest absolute Gasteiger partial charge is 0.170 e. The molecule has 0 spiro atoms. The van der Waals surface area contributed by atoms with Gasteiger partial charge in [-0.2, -0.15) is 0 Å². The molecule has 1 heterocycles. The summed E-state index contributed by atoms with van der Waals surface area (Å²) in [6.07, 6.45) is 0.290. The van der Waals surface area contributed by atoms with Crippen LogP contribution >= 0.6 is 23.2 Å². The Morgan fingerprint density at radius 3 is 2.81 bits per heavy atom. The lowest BCUT2D eigenvalue weighted by atomic mass is 10.1. The summed E-state index contributed by atoms with van der Waals surface area (Å²) in [4.78, 5) is 16.0. The number of amidine groups is 1. The van der Waals surface area contributed by atoms with Crippen molar-refractivity contribution in [2.24, 2.45) is 4.99 Å². The largest absolute Gasteiger partial charge is 0.372 e. The number of nitrogens with zero attached hydrogens (tertiary/aromatic N) is 1. The van der Waals surface area contributed by atoms with Crippen LogP contribution in [0, 0.1) is 0 Å². The van der Waals surface area contributed by atoms with E-state index in [0.717, 1.165) is 18.9 Å². The van der Waals surface area contributed by atoms with Gasteiger partial charge in [0.05, 0.1) is 23.0 Å². The zero-order chi connectivity index (χ0) is 11.5. The highest BCUT2D eigenvalue weighted by Gasteiger charge is 2.13. The van der Waals surface area contributed by atoms with E-state index in [1.54, 1.807) is 18.2 Å². The molecule has 0 radical (unpaired) electrons. The monoisotopic (exact) mass is 256 g/mol. The average Bonchev–Trinajstić information content (AvgIpc) is 2.74. The molecule has 0 unspecified atom stereocenters. The maximum Gasteiger partial charge on any atom is 0.170 e. The van der Waals surface area contributed by atoms with Crippen LogP contribution in [0.15, 0.2) is 23.2 Å². The van der Waals surface area contributed by atoms with E-state index in [-0.39, 0.29) is 12.2 Å². The molecule has 3 nitrogen and oxygen atoms in total. The number of carbonyl (C=O) groups is 1. The van der Waals surface area contributed by atoms with Gasteiger partial charge in [0.1, 0.15) is 5.84 Å². The number of rotatable bonds is 3. The minimum Gasteiger partial charge on any atom is -0.372 e.